The van der Waals surface area contributed by atoms with Gasteiger partial charge in [0, 0.05) is 13.6 Å². The second-order valence-electron chi connectivity index (χ2n) is 5.17. The van der Waals surface area contributed by atoms with Crippen molar-refractivity contribution >= 4 is 11.8 Å². The van der Waals surface area contributed by atoms with Gasteiger partial charge in [-0.25, -0.2) is 9.37 Å². The molecule has 0 spiro atoms. The molecule has 1 aromatic heterocycles. The lowest BCUT2D eigenvalue weighted by molar-refractivity contribution is 0.304. The highest BCUT2D eigenvalue weighted by atomic mass is 19.1. The topological polar surface area (TPSA) is 49.8 Å². The van der Waals surface area contributed by atoms with E-state index in [1.807, 2.05) is 0 Å². The van der Waals surface area contributed by atoms with Gasteiger partial charge in [-0.2, -0.15) is 4.98 Å². The minimum absolute atomic E-state index is 0.264. The fourth-order valence-electron chi connectivity index (χ4n) is 2.07. The lowest BCUT2D eigenvalue weighted by Crippen LogP contribution is -2.25. The van der Waals surface area contributed by atoms with Gasteiger partial charge >= 0.3 is 0 Å². The van der Waals surface area contributed by atoms with Crippen LogP contribution in [-0.2, 0) is 0 Å². The quantitative estimate of drug-likeness (QED) is 0.819. The smallest absolute Gasteiger partial charge is 0.224 e. The highest BCUT2D eigenvalue weighted by Crippen LogP contribution is 2.21. The number of aromatic nitrogens is 2. The van der Waals surface area contributed by atoms with E-state index in [1.54, 1.807) is 7.05 Å². The van der Waals surface area contributed by atoms with Gasteiger partial charge in [-0.3, -0.25) is 0 Å². The number of rotatable bonds is 6. The van der Waals surface area contributed by atoms with Crippen molar-refractivity contribution in [2.24, 2.45) is 17.8 Å². The molecule has 0 saturated heterocycles. The summed E-state index contributed by atoms with van der Waals surface area (Å²) >= 11 is 0. The summed E-state index contributed by atoms with van der Waals surface area (Å²) in [5.74, 6) is 1.85. The predicted octanol–water partition coefficient (Wildman–Crippen LogP) is 3.00. The molecule has 2 N–H and O–H groups in total. The van der Waals surface area contributed by atoms with Crippen molar-refractivity contribution in [2.75, 3.05) is 24.2 Å². The highest BCUT2D eigenvalue weighted by molar-refractivity contribution is 5.40. The third kappa shape index (κ3) is 3.82. The van der Waals surface area contributed by atoms with Crippen LogP contribution in [0.4, 0.5) is 16.2 Å². The predicted molar refractivity (Wildman–Crippen MR) is 73.2 cm³/mol. The molecule has 1 rings (SSSR count). The van der Waals surface area contributed by atoms with Crippen LogP contribution in [0.25, 0.3) is 0 Å². The lowest BCUT2D eigenvalue weighted by atomic mass is 9.85. The first-order valence-electron chi connectivity index (χ1n) is 6.39. The Morgan fingerprint density at radius 3 is 2.33 bits per heavy atom. The standard InChI is InChI=1S/C13H23FN4/c1-8(2)10(9(3)4)6-16-12-11(14)7-17-13(15-5)18-12/h7-10H,6H2,1-5H3,(H2,15,16,17,18). The Bertz CT molecular complexity index is 371. The van der Waals surface area contributed by atoms with Crippen molar-refractivity contribution in [3.8, 4) is 0 Å². The molecule has 0 aliphatic heterocycles. The Morgan fingerprint density at radius 2 is 1.83 bits per heavy atom. The van der Waals surface area contributed by atoms with Crippen LogP contribution >= 0.6 is 0 Å². The average Bonchev–Trinajstić information content (AvgIpc) is 2.30. The first-order valence-corrected chi connectivity index (χ1v) is 6.39. The molecule has 0 bridgehead atoms. The highest BCUT2D eigenvalue weighted by Gasteiger charge is 2.18. The molecule has 0 unspecified atom stereocenters. The third-order valence-corrected chi connectivity index (χ3v) is 3.19. The molecule has 0 saturated carbocycles. The van der Waals surface area contributed by atoms with Crippen LogP contribution in [0.1, 0.15) is 27.7 Å². The maximum atomic E-state index is 13.5. The van der Waals surface area contributed by atoms with Crippen LogP contribution in [0.2, 0.25) is 0 Å². The van der Waals surface area contributed by atoms with E-state index in [9.17, 15) is 4.39 Å². The van der Waals surface area contributed by atoms with Gasteiger partial charge in [-0.05, 0) is 17.8 Å². The molecular formula is C13H23FN4. The Kier molecular flexibility index (Phi) is 5.31. The molecule has 5 heteroatoms. The summed E-state index contributed by atoms with van der Waals surface area (Å²) in [5.41, 5.74) is 0. The van der Waals surface area contributed by atoms with Gasteiger partial charge in [0.25, 0.3) is 0 Å². The van der Waals surface area contributed by atoms with E-state index in [0.717, 1.165) is 0 Å². The van der Waals surface area contributed by atoms with E-state index in [-0.39, 0.29) is 5.82 Å². The molecule has 0 aliphatic rings. The first kappa shape index (κ1) is 14.7. The number of anilines is 2. The van der Waals surface area contributed by atoms with E-state index in [4.69, 9.17) is 0 Å². The molecule has 0 aromatic carbocycles. The van der Waals surface area contributed by atoms with Crippen molar-refractivity contribution in [1.29, 1.82) is 0 Å². The van der Waals surface area contributed by atoms with Crippen LogP contribution in [-0.4, -0.2) is 23.6 Å². The number of hydrogen-bond donors (Lipinski definition) is 2. The summed E-state index contributed by atoms with van der Waals surface area (Å²) in [6.45, 7) is 9.44. The fourth-order valence-corrected chi connectivity index (χ4v) is 2.07. The van der Waals surface area contributed by atoms with Crippen molar-refractivity contribution in [1.82, 2.24) is 9.97 Å². The second-order valence-corrected chi connectivity index (χ2v) is 5.17. The van der Waals surface area contributed by atoms with Gasteiger partial charge in [0.05, 0.1) is 6.20 Å². The number of hydrogen-bond acceptors (Lipinski definition) is 4. The number of nitrogens with zero attached hydrogens (tertiary/aromatic N) is 2. The Morgan fingerprint density at radius 1 is 1.22 bits per heavy atom. The molecule has 0 atom stereocenters. The van der Waals surface area contributed by atoms with Crippen molar-refractivity contribution in [3.05, 3.63) is 12.0 Å². The number of nitrogens with one attached hydrogen (secondary N) is 2. The van der Waals surface area contributed by atoms with E-state index < -0.39 is 5.82 Å². The monoisotopic (exact) mass is 254 g/mol. The first-order chi connectivity index (χ1) is 8.45. The molecule has 1 heterocycles. The average molecular weight is 254 g/mol. The molecule has 1 aromatic rings. The zero-order valence-electron chi connectivity index (χ0n) is 11.8. The SMILES string of the molecule is CNc1ncc(F)c(NCC(C(C)C)C(C)C)n1. The second kappa shape index (κ2) is 6.52. The van der Waals surface area contributed by atoms with Gasteiger partial charge in [0.2, 0.25) is 5.95 Å². The summed E-state index contributed by atoms with van der Waals surface area (Å²) in [5, 5.41) is 5.88. The molecule has 0 amide bonds. The fraction of sp³-hybridized carbons (Fsp3) is 0.692. The summed E-state index contributed by atoms with van der Waals surface area (Å²) in [7, 11) is 1.71. The summed E-state index contributed by atoms with van der Waals surface area (Å²) in [6.07, 6.45) is 1.18. The zero-order chi connectivity index (χ0) is 13.7. The van der Waals surface area contributed by atoms with Crippen molar-refractivity contribution < 1.29 is 4.39 Å². The summed E-state index contributed by atoms with van der Waals surface area (Å²) in [4.78, 5) is 7.89. The minimum atomic E-state index is -0.416. The molecular weight excluding hydrogens is 231 g/mol. The van der Waals surface area contributed by atoms with Gasteiger partial charge in [-0.15, -0.1) is 0 Å². The van der Waals surface area contributed by atoms with Crippen LogP contribution in [0.5, 0.6) is 0 Å². The zero-order valence-corrected chi connectivity index (χ0v) is 11.8. The van der Waals surface area contributed by atoms with E-state index in [0.29, 0.717) is 30.2 Å². The summed E-state index contributed by atoms with van der Waals surface area (Å²) < 4.78 is 13.5. The normalized spacial score (nSPS) is 11.4. The van der Waals surface area contributed by atoms with E-state index >= 15 is 0 Å². The summed E-state index contributed by atoms with van der Waals surface area (Å²) in [6, 6.07) is 0. The van der Waals surface area contributed by atoms with Crippen molar-refractivity contribution in [3.63, 3.8) is 0 Å². The van der Waals surface area contributed by atoms with E-state index in [1.165, 1.54) is 6.20 Å². The largest absolute Gasteiger partial charge is 0.367 e. The van der Waals surface area contributed by atoms with Crippen LogP contribution in [0.3, 0.4) is 0 Å². The minimum Gasteiger partial charge on any atom is -0.367 e. The Balaban J connectivity index is 2.72. The Labute approximate surface area is 108 Å². The molecule has 102 valence electrons. The third-order valence-electron chi connectivity index (χ3n) is 3.19. The molecule has 0 aliphatic carbocycles. The molecule has 18 heavy (non-hydrogen) atoms. The molecule has 0 radical (unpaired) electrons. The van der Waals surface area contributed by atoms with Gasteiger partial charge < -0.3 is 10.6 Å². The molecule has 4 nitrogen and oxygen atoms in total. The van der Waals surface area contributed by atoms with Crippen LogP contribution in [0.15, 0.2) is 6.20 Å². The maximum absolute atomic E-state index is 13.5. The molecule has 0 fully saturated rings. The van der Waals surface area contributed by atoms with Crippen LogP contribution < -0.4 is 10.6 Å². The maximum Gasteiger partial charge on any atom is 0.224 e. The lowest BCUT2D eigenvalue weighted by Gasteiger charge is -2.25. The van der Waals surface area contributed by atoms with Crippen molar-refractivity contribution in [2.45, 2.75) is 27.7 Å². The van der Waals surface area contributed by atoms with Gasteiger partial charge in [-0.1, -0.05) is 27.7 Å². The van der Waals surface area contributed by atoms with Crippen LogP contribution in [0, 0.1) is 23.6 Å². The number of halogens is 1. The van der Waals surface area contributed by atoms with Gasteiger partial charge in [0.1, 0.15) is 0 Å². The van der Waals surface area contributed by atoms with E-state index in [2.05, 4.69) is 48.3 Å². The Hall–Kier alpha value is -1.39. The van der Waals surface area contributed by atoms with Gasteiger partial charge in [0.15, 0.2) is 11.6 Å².